The lowest BCUT2D eigenvalue weighted by atomic mass is 9.82. The average molecular weight is 291 g/mol. The maximum absolute atomic E-state index is 14.7. The van der Waals surface area contributed by atoms with Crippen molar-refractivity contribution in [2.45, 2.75) is 68.8 Å². The Morgan fingerprint density at radius 1 is 1.44 bits per heavy atom. The minimum atomic E-state index is -1.19. The van der Waals surface area contributed by atoms with Gasteiger partial charge < -0.3 is 4.74 Å². The van der Waals surface area contributed by atoms with Crippen LogP contribution in [0.3, 0.4) is 0 Å². The van der Waals surface area contributed by atoms with Gasteiger partial charge in [-0.3, -0.25) is 0 Å². The van der Waals surface area contributed by atoms with Gasteiger partial charge in [0.2, 0.25) is 0 Å². The van der Waals surface area contributed by atoms with E-state index >= 15 is 0 Å². The highest BCUT2D eigenvalue weighted by atomic mass is 35.5. The quantitative estimate of drug-likeness (QED) is 0.520. The van der Waals surface area contributed by atoms with Crippen LogP contribution in [0, 0.1) is 0 Å². The molecule has 0 saturated heterocycles. The minimum Gasteiger partial charge on any atom is -0.368 e. The summed E-state index contributed by atoms with van der Waals surface area (Å²) < 4.78 is 20.6. The van der Waals surface area contributed by atoms with Crippen molar-refractivity contribution in [2.75, 3.05) is 6.61 Å². The highest BCUT2D eigenvalue weighted by Gasteiger charge is 2.45. The lowest BCUT2D eigenvalue weighted by molar-refractivity contribution is -0.0413. The Labute approximate surface area is 116 Å². The summed E-state index contributed by atoms with van der Waals surface area (Å²) in [5.74, 6) is 0.0192. The molecule has 1 nitrogen and oxygen atoms in total. The lowest BCUT2D eigenvalue weighted by Gasteiger charge is -2.42. The molecule has 0 N–H and O–H groups in total. The average Bonchev–Trinajstić information content (AvgIpc) is 2.29. The third-order valence-corrected chi connectivity index (χ3v) is 7.98. The highest BCUT2D eigenvalue weighted by Crippen LogP contribution is 2.47. The molecule has 0 amide bonds. The van der Waals surface area contributed by atoms with E-state index in [9.17, 15) is 4.39 Å². The smallest absolute Gasteiger partial charge is 0.131 e. The van der Waals surface area contributed by atoms with Crippen LogP contribution in [0.4, 0.5) is 4.39 Å². The number of alkyl halides is 1. The third kappa shape index (κ3) is 2.83. The maximum atomic E-state index is 14.7. The summed E-state index contributed by atoms with van der Waals surface area (Å²) in [6.45, 7) is 7.32. The lowest BCUT2D eigenvalue weighted by Crippen LogP contribution is -2.44. The SMILES string of the molecule is CCO[C@@]12CC[Si](C)(C)CCC(=C1F)C[C@H](Cl)C2. The molecule has 1 heterocycles. The van der Waals surface area contributed by atoms with Crippen LogP contribution < -0.4 is 0 Å². The minimum absolute atomic E-state index is 0.0192. The van der Waals surface area contributed by atoms with E-state index in [2.05, 4.69) is 13.1 Å². The first kappa shape index (κ1) is 14.5. The van der Waals surface area contributed by atoms with Crippen LogP contribution in [-0.4, -0.2) is 25.7 Å². The zero-order valence-electron chi connectivity index (χ0n) is 11.7. The molecule has 0 fully saturated rings. The monoisotopic (exact) mass is 290 g/mol. The standard InChI is InChI=1S/C14H24ClFOSi/c1-4-17-14-6-8-18(2,3)7-5-11(13(14)16)9-12(15)10-14/h12H,4-10H2,1-3H3/t12-,14+/m0/s1. The molecule has 1 aliphatic heterocycles. The van der Waals surface area contributed by atoms with Crippen molar-refractivity contribution in [3.05, 3.63) is 11.4 Å². The fraction of sp³-hybridized carbons (Fsp3) is 0.857. The first-order valence-corrected chi connectivity index (χ1v) is 10.9. The first-order chi connectivity index (χ1) is 8.38. The van der Waals surface area contributed by atoms with Gasteiger partial charge in [-0.1, -0.05) is 25.2 Å². The van der Waals surface area contributed by atoms with Gasteiger partial charge in [0.1, 0.15) is 11.4 Å². The van der Waals surface area contributed by atoms with Crippen LogP contribution in [0.5, 0.6) is 0 Å². The molecule has 0 saturated carbocycles. The van der Waals surface area contributed by atoms with Gasteiger partial charge in [-0.2, -0.15) is 0 Å². The molecule has 0 aromatic carbocycles. The second-order valence-electron chi connectivity index (χ2n) is 6.51. The van der Waals surface area contributed by atoms with E-state index in [1.54, 1.807) is 0 Å². The molecule has 0 radical (unpaired) electrons. The summed E-state index contributed by atoms with van der Waals surface area (Å²) in [6.07, 6.45) is 3.07. The van der Waals surface area contributed by atoms with Crippen molar-refractivity contribution < 1.29 is 9.13 Å². The van der Waals surface area contributed by atoms with Crippen molar-refractivity contribution in [2.24, 2.45) is 0 Å². The van der Waals surface area contributed by atoms with E-state index in [4.69, 9.17) is 16.3 Å². The first-order valence-electron chi connectivity index (χ1n) is 7.04. The molecule has 0 aromatic heterocycles. The number of rotatable bonds is 2. The Hall–Kier alpha value is 0.137. The predicted molar refractivity (Wildman–Crippen MR) is 77.7 cm³/mol. The number of hydrogen-bond donors (Lipinski definition) is 0. The Balaban J connectivity index is 2.36. The molecule has 0 aromatic rings. The van der Waals surface area contributed by atoms with Gasteiger partial charge in [0.25, 0.3) is 0 Å². The Morgan fingerprint density at radius 2 is 2.17 bits per heavy atom. The molecule has 2 atom stereocenters. The molecule has 4 heteroatoms. The normalized spacial score (nSPS) is 36.2. The van der Waals surface area contributed by atoms with Crippen LogP contribution in [0.2, 0.25) is 25.2 Å². The van der Waals surface area contributed by atoms with E-state index in [1.165, 1.54) is 6.04 Å². The number of ether oxygens (including phenoxy) is 1. The number of fused-ring (bicyclic) bond motifs is 1. The van der Waals surface area contributed by atoms with Crippen molar-refractivity contribution in [3.63, 3.8) is 0 Å². The van der Waals surface area contributed by atoms with Crippen molar-refractivity contribution in [3.8, 4) is 0 Å². The molecule has 2 aliphatic rings. The topological polar surface area (TPSA) is 9.23 Å². The molecule has 104 valence electrons. The fourth-order valence-electron chi connectivity index (χ4n) is 3.25. The molecule has 2 bridgehead atoms. The Morgan fingerprint density at radius 3 is 2.83 bits per heavy atom. The molecular weight excluding hydrogens is 267 g/mol. The van der Waals surface area contributed by atoms with Crippen molar-refractivity contribution in [1.29, 1.82) is 0 Å². The van der Waals surface area contributed by atoms with E-state index in [1.807, 2.05) is 6.92 Å². The molecule has 0 unspecified atom stereocenters. The molecule has 18 heavy (non-hydrogen) atoms. The second kappa shape index (κ2) is 5.26. The molecular formula is C14H24ClFOSi. The van der Waals surface area contributed by atoms with Crippen LogP contribution in [0.25, 0.3) is 0 Å². The van der Waals surface area contributed by atoms with Crippen molar-refractivity contribution in [1.82, 2.24) is 0 Å². The van der Waals surface area contributed by atoms with Gasteiger partial charge in [0, 0.05) is 20.1 Å². The predicted octanol–water partition coefficient (Wildman–Crippen LogP) is 4.89. The van der Waals surface area contributed by atoms with Gasteiger partial charge >= 0.3 is 0 Å². The summed E-state index contributed by atoms with van der Waals surface area (Å²) >= 11 is 6.34. The summed E-state index contributed by atoms with van der Waals surface area (Å²) in [4.78, 5) is 0. The molecule has 0 spiro atoms. The van der Waals surface area contributed by atoms with Crippen LogP contribution in [0.1, 0.15) is 32.6 Å². The van der Waals surface area contributed by atoms with E-state index in [-0.39, 0.29) is 11.2 Å². The van der Waals surface area contributed by atoms with E-state index in [0.717, 1.165) is 24.5 Å². The summed E-state index contributed by atoms with van der Waals surface area (Å²) in [5, 5.41) is 0.0360. The zero-order chi connectivity index (χ0) is 13.4. The largest absolute Gasteiger partial charge is 0.368 e. The van der Waals surface area contributed by atoms with Crippen LogP contribution in [-0.2, 0) is 4.74 Å². The molecule has 2 rings (SSSR count). The number of hydrogen-bond acceptors (Lipinski definition) is 1. The Bertz CT molecular complexity index is 356. The van der Waals surface area contributed by atoms with Gasteiger partial charge in [-0.25, -0.2) is 4.39 Å². The third-order valence-electron chi connectivity index (χ3n) is 4.46. The maximum Gasteiger partial charge on any atom is 0.131 e. The highest BCUT2D eigenvalue weighted by molar-refractivity contribution is 6.77. The molecule has 1 aliphatic carbocycles. The van der Waals surface area contributed by atoms with Gasteiger partial charge in [-0.15, -0.1) is 11.6 Å². The van der Waals surface area contributed by atoms with Gasteiger partial charge in [-0.05, 0) is 38.2 Å². The zero-order valence-corrected chi connectivity index (χ0v) is 13.4. The fourth-order valence-corrected chi connectivity index (χ4v) is 5.99. The summed E-state index contributed by atoms with van der Waals surface area (Å²) in [7, 11) is -1.19. The Kier molecular flexibility index (Phi) is 4.25. The van der Waals surface area contributed by atoms with E-state index in [0.29, 0.717) is 19.4 Å². The van der Waals surface area contributed by atoms with Crippen LogP contribution in [0.15, 0.2) is 11.4 Å². The summed E-state index contributed by atoms with van der Waals surface area (Å²) in [5.41, 5.74) is 0.245. The van der Waals surface area contributed by atoms with Crippen LogP contribution >= 0.6 is 11.6 Å². The van der Waals surface area contributed by atoms with E-state index < -0.39 is 13.7 Å². The van der Waals surface area contributed by atoms with Gasteiger partial charge in [0.05, 0.1) is 0 Å². The summed E-state index contributed by atoms with van der Waals surface area (Å²) in [6, 6.07) is 2.32. The van der Waals surface area contributed by atoms with Crippen molar-refractivity contribution >= 4 is 19.7 Å². The second-order valence-corrected chi connectivity index (χ2v) is 12.5. The van der Waals surface area contributed by atoms with Gasteiger partial charge in [0.15, 0.2) is 0 Å². The number of allylic oxidation sites excluding steroid dienone is 1. The number of halogens is 2.